The van der Waals surface area contributed by atoms with E-state index < -0.39 is 29.3 Å². The number of nitrogens with one attached hydrogen (secondary N) is 2. The molecule has 1 aromatic rings. The molecule has 7 heteroatoms. The highest BCUT2D eigenvalue weighted by Gasteiger charge is 2.38. The fourth-order valence-electron chi connectivity index (χ4n) is 3.54. The molecule has 0 aliphatic carbocycles. The molecule has 0 aliphatic heterocycles. The predicted octanol–water partition coefficient (Wildman–Crippen LogP) is 4.74. The van der Waals surface area contributed by atoms with Gasteiger partial charge in [0.25, 0.3) is 0 Å². The van der Waals surface area contributed by atoms with Crippen LogP contribution in [0.25, 0.3) is 0 Å². The first kappa shape index (κ1) is 28.5. The Balaban J connectivity index is 3.43. The summed E-state index contributed by atoms with van der Waals surface area (Å²) in [5, 5.41) is 5.79. The lowest BCUT2D eigenvalue weighted by molar-refractivity contribution is -0.143. The van der Waals surface area contributed by atoms with Gasteiger partial charge in [0, 0.05) is 12.1 Å². The number of likely N-dealkylation sites (N-methyl/N-ethyl adjacent to an activating group) is 1. The molecule has 0 saturated carbocycles. The number of amides is 3. The van der Waals surface area contributed by atoms with Gasteiger partial charge < -0.3 is 20.3 Å². The zero-order chi connectivity index (χ0) is 25.6. The summed E-state index contributed by atoms with van der Waals surface area (Å²) in [7, 11) is 0. The van der Waals surface area contributed by atoms with Gasteiger partial charge in [-0.05, 0) is 72.4 Å². The SMILES string of the molecule is CCC(C)C(NC(=O)OC(C)(C)C)C(=O)N(CC)C(C(=O)NC(C)(C)C)c1ccccc1C. The minimum absolute atomic E-state index is 0.151. The molecule has 186 valence electrons. The summed E-state index contributed by atoms with van der Waals surface area (Å²) in [5.74, 6) is -0.718. The topological polar surface area (TPSA) is 87.7 Å². The molecule has 0 fully saturated rings. The van der Waals surface area contributed by atoms with Gasteiger partial charge in [-0.2, -0.15) is 0 Å². The van der Waals surface area contributed by atoms with Crippen molar-refractivity contribution >= 4 is 17.9 Å². The highest BCUT2D eigenvalue weighted by molar-refractivity contribution is 5.92. The van der Waals surface area contributed by atoms with Crippen molar-refractivity contribution in [2.75, 3.05) is 6.54 Å². The molecule has 0 heterocycles. The van der Waals surface area contributed by atoms with Gasteiger partial charge in [0.15, 0.2) is 0 Å². The van der Waals surface area contributed by atoms with Gasteiger partial charge in [-0.3, -0.25) is 9.59 Å². The summed E-state index contributed by atoms with van der Waals surface area (Å²) < 4.78 is 5.40. The van der Waals surface area contributed by atoms with Crippen molar-refractivity contribution in [2.45, 2.75) is 98.9 Å². The van der Waals surface area contributed by atoms with E-state index in [0.29, 0.717) is 13.0 Å². The first-order valence-electron chi connectivity index (χ1n) is 11.8. The van der Waals surface area contributed by atoms with E-state index in [9.17, 15) is 14.4 Å². The highest BCUT2D eigenvalue weighted by Crippen LogP contribution is 2.27. The fraction of sp³-hybridized carbons (Fsp3) is 0.654. The van der Waals surface area contributed by atoms with Crippen molar-refractivity contribution in [2.24, 2.45) is 5.92 Å². The quantitative estimate of drug-likeness (QED) is 0.585. The predicted molar refractivity (Wildman–Crippen MR) is 132 cm³/mol. The Hall–Kier alpha value is -2.57. The molecule has 0 radical (unpaired) electrons. The molecule has 3 atom stereocenters. The molecule has 0 aromatic heterocycles. The molecule has 3 amide bonds. The molecule has 3 unspecified atom stereocenters. The van der Waals surface area contributed by atoms with Gasteiger partial charge in [-0.1, -0.05) is 44.5 Å². The summed E-state index contributed by atoms with van der Waals surface area (Å²) in [6.45, 7) is 19.0. The van der Waals surface area contributed by atoms with Crippen LogP contribution in [0.3, 0.4) is 0 Å². The number of hydrogen-bond donors (Lipinski definition) is 2. The largest absolute Gasteiger partial charge is 0.444 e. The summed E-state index contributed by atoms with van der Waals surface area (Å²) in [5.41, 5.74) is 0.520. The third-order valence-electron chi connectivity index (χ3n) is 5.32. The summed E-state index contributed by atoms with van der Waals surface area (Å²) in [4.78, 5) is 41.4. The second-order valence-electron chi connectivity index (χ2n) is 10.6. The van der Waals surface area contributed by atoms with Crippen LogP contribution >= 0.6 is 0 Å². The average Bonchev–Trinajstić information content (AvgIpc) is 2.67. The van der Waals surface area contributed by atoms with Crippen LogP contribution in [0.5, 0.6) is 0 Å². The van der Waals surface area contributed by atoms with Crippen LogP contribution in [0.4, 0.5) is 4.79 Å². The molecular formula is C26H43N3O4. The van der Waals surface area contributed by atoms with Crippen molar-refractivity contribution in [3.63, 3.8) is 0 Å². The van der Waals surface area contributed by atoms with Crippen LogP contribution in [-0.2, 0) is 14.3 Å². The zero-order valence-electron chi connectivity index (χ0n) is 22.0. The van der Waals surface area contributed by atoms with E-state index in [2.05, 4.69) is 10.6 Å². The Kier molecular flexibility index (Phi) is 9.94. The first-order valence-corrected chi connectivity index (χ1v) is 11.8. The van der Waals surface area contributed by atoms with Crippen LogP contribution in [0, 0.1) is 12.8 Å². The fourth-order valence-corrected chi connectivity index (χ4v) is 3.54. The van der Waals surface area contributed by atoms with Gasteiger partial charge in [-0.25, -0.2) is 4.79 Å². The normalized spacial score (nSPS) is 14.6. The monoisotopic (exact) mass is 461 g/mol. The molecule has 2 N–H and O–H groups in total. The van der Waals surface area contributed by atoms with E-state index in [0.717, 1.165) is 11.1 Å². The van der Waals surface area contributed by atoms with Gasteiger partial charge in [0.1, 0.15) is 17.7 Å². The number of hydrogen-bond acceptors (Lipinski definition) is 4. The van der Waals surface area contributed by atoms with Crippen LogP contribution < -0.4 is 10.6 Å². The van der Waals surface area contributed by atoms with E-state index in [4.69, 9.17) is 4.74 Å². The Bertz CT molecular complexity index is 824. The van der Waals surface area contributed by atoms with Gasteiger partial charge in [-0.15, -0.1) is 0 Å². The molecule has 1 rings (SSSR count). The van der Waals surface area contributed by atoms with E-state index in [1.807, 2.05) is 72.7 Å². The zero-order valence-corrected chi connectivity index (χ0v) is 22.0. The van der Waals surface area contributed by atoms with Crippen molar-refractivity contribution in [1.82, 2.24) is 15.5 Å². The Morgan fingerprint density at radius 3 is 2.06 bits per heavy atom. The summed E-state index contributed by atoms with van der Waals surface area (Å²) >= 11 is 0. The smallest absolute Gasteiger partial charge is 0.408 e. The van der Waals surface area contributed by atoms with E-state index in [-0.39, 0.29) is 17.7 Å². The number of nitrogens with zero attached hydrogens (tertiary/aromatic N) is 1. The van der Waals surface area contributed by atoms with Crippen LogP contribution in [0.2, 0.25) is 0 Å². The third kappa shape index (κ3) is 8.71. The Morgan fingerprint density at radius 1 is 1.03 bits per heavy atom. The lowest BCUT2D eigenvalue weighted by Crippen LogP contribution is -2.56. The molecule has 0 bridgehead atoms. The second kappa shape index (κ2) is 11.5. The van der Waals surface area contributed by atoms with Gasteiger partial charge in [0.05, 0.1) is 0 Å². The number of benzene rings is 1. The van der Waals surface area contributed by atoms with Crippen molar-refractivity contribution < 1.29 is 19.1 Å². The number of rotatable bonds is 8. The number of carbonyl (C=O) groups excluding carboxylic acids is 3. The minimum Gasteiger partial charge on any atom is -0.444 e. The third-order valence-corrected chi connectivity index (χ3v) is 5.32. The maximum absolute atomic E-state index is 13.8. The summed E-state index contributed by atoms with van der Waals surface area (Å²) in [6.07, 6.45) is 0.0243. The molecular weight excluding hydrogens is 418 g/mol. The van der Waals surface area contributed by atoms with Crippen molar-refractivity contribution in [3.8, 4) is 0 Å². The summed E-state index contributed by atoms with van der Waals surface area (Å²) in [6, 6.07) is 5.92. The van der Waals surface area contributed by atoms with Crippen molar-refractivity contribution in [3.05, 3.63) is 35.4 Å². The molecule has 7 nitrogen and oxygen atoms in total. The van der Waals surface area contributed by atoms with E-state index >= 15 is 0 Å². The lowest BCUT2D eigenvalue weighted by Gasteiger charge is -2.37. The van der Waals surface area contributed by atoms with E-state index in [1.165, 1.54) is 0 Å². The highest BCUT2D eigenvalue weighted by atomic mass is 16.6. The standard InChI is InChI=1S/C26H43N3O4/c1-11-17(3)20(27-24(32)33-26(8,9)10)23(31)29(12-2)21(22(30)28-25(5,6)7)19-16-14-13-15-18(19)4/h13-17,20-21H,11-12H2,1-10H3,(H,27,32)(H,28,30). The number of carbonyl (C=O) groups is 3. The maximum Gasteiger partial charge on any atom is 0.408 e. The molecule has 1 aromatic carbocycles. The number of alkyl carbamates (subject to hydrolysis) is 1. The van der Waals surface area contributed by atoms with Gasteiger partial charge in [0.2, 0.25) is 11.8 Å². The van der Waals surface area contributed by atoms with E-state index in [1.54, 1.807) is 25.7 Å². The Labute approximate surface area is 199 Å². The molecule has 33 heavy (non-hydrogen) atoms. The maximum atomic E-state index is 13.8. The first-order chi connectivity index (χ1) is 15.1. The minimum atomic E-state index is -0.824. The lowest BCUT2D eigenvalue weighted by atomic mass is 9.94. The van der Waals surface area contributed by atoms with Crippen LogP contribution in [0.15, 0.2) is 24.3 Å². The molecule has 0 spiro atoms. The molecule has 0 saturated heterocycles. The number of ether oxygens (including phenoxy) is 1. The van der Waals surface area contributed by atoms with Crippen LogP contribution in [-0.4, -0.2) is 46.5 Å². The van der Waals surface area contributed by atoms with Gasteiger partial charge >= 0.3 is 6.09 Å². The Morgan fingerprint density at radius 2 is 1.61 bits per heavy atom. The number of aryl methyl sites for hydroxylation is 1. The van der Waals surface area contributed by atoms with Crippen LogP contribution in [0.1, 0.15) is 85.9 Å². The second-order valence-corrected chi connectivity index (χ2v) is 10.6. The van der Waals surface area contributed by atoms with Crippen molar-refractivity contribution in [1.29, 1.82) is 0 Å². The molecule has 0 aliphatic rings. The average molecular weight is 462 g/mol.